The van der Waals surface area contributed by atoms with Crippen LogP contribution in [0.5, 0.6) is 0 Å². The summed E-state index contributed by atoms with van der Waals surface area (Å²) in [6, 6.07) is 2.59. The summed E-state index contributed by atoms with van der Waals surface area (Å²) in [5, 5.41) is 4.91. The van der Waals surface area contributed by atoms with Crippen LogP contribution < -0.4 is 5.14 Å². The molecule has 0 bridgehead atoms. The summed E-state index contributed by atoms with van der Waals surface area (Å²) in [6.07, 6.45) is -4.75. The first-order chi connectivity index (χ1) is 9.03. The van der Waals surface area contributed by atoms with E-state index in [1.807, 2.05) is 0 Å². The lowest BCUT2D eigenvalue weighted by atomic mass is 10.3. The second kappa shape index (κ2) is 6.10. The molecule has 1 heterocycles. The fourth-order valence-electron chi connectivity index (χ4n) is 1.46. The van der Waals surface area contributed by atoms with Crippen LogP contribution in [0, 0.1) is 0 Å². The van der Waals surface area contributed by atoms with Crippen molar-refractivity contribution in [1.29, 1.82) is 0 Å². The molecule has 2 N–H and O–H groups in total. The lowest BCUT2D eigenvalue weighted by Crippen LogP contribution is -2.39. The van der Waals surface area contributed by atoms with Gasteiger partial charge >= 0.3 is 6.18 Å². The quantitative estimate of drug-likeness (QED) is 0.885. The Bertz CT molecular complexity index is 581. The van der Waals surface area contributed by atoms with Gasteiger partial charge in [-0.2, -0.15) is 13.2 Å². The van der Waals surface area contributed by atoms with E-state index in [2.05, 4.69) is 0 Å². The molecule has 5 nitrogen and oxygen atoms in total. The van der Waals surface area contributed by atoms with E-state index < -0.39 is 28.7 Å². The Balaban J connectivity index is 2.77. The Kier molecular flexibility index (Phi) is 5.16. The summed E-state index contributed by atoms with van der Waals surface area (Å²) < 4.78 is 58.8. The molecule has 0 unspecified atom stereocenters. The number of carbonyl (C=O) groups excluding carboxylic acids is 1. The van der Waals surface area contributed by atoms with Gasteiger partial charge in [0.05, 0.1) is 6.42 Å². The third kappa shape index (κ3) is 5.10. The molecule has 0 atom stereocenters. The van der Waals surface area contributed by atoms with Crippen molar-refractivity contribution in [3.63, 3.8) is 0 Å². The molecule has 0 fully saturated rings. The minimum atomic E-state index is -4.47. The van der Waals surface area contributed by atoms with Gasteiger partial charge in [0.15, 0.2) is 0 Å². The fourth-order valence-corrected chi connectivity index (χ4v) is 3.23. The molecule has 0 aliphatic rings. The van der Waals surface area contributed by atoms with Gasteiger partial charge in [0.25, 0.3) is 0 Å². The Morgan fingerprint density at radius 3 is 2.40 bits per heavy atom. The van der Waals surface area contributed by atoms with Crippen molar-refractivity contribution >= 4 is 27.3 Å². The number of nitrogens with two attached hydrogens (primary N) is 1. The van der Waals surface area contributed by atoms with Gasteiger partial charge in [0, 0.05) is 11.4 Å². The number of hydrogen-bond donors (Lipinski definition) is 1. The average Bonchev–Trinajstić information content (AvgIpc) is 2.72. The number of likely N-dealkylation sites (N-methyl/N-ethyl adjacent to an activating group) is 1. The molecule has 0 aliphatic heterocycles. The smallest absolute Gasteiger partial charge is 0.334 e. The van der Waals surface area contributed by atoms with Crippen molar-refractivity contribution in [2.45, 2.75) is 23.7 Å². The summed E-state index contributed by atoms with van der Waals surface area (Å²) in [5.74, 6) is -0.715. The predicted molar refractivity (Wildman–Crippen MR) is 67.7 cm³/mol. The molecule has 1 aromatic rings. The molecule has 20 heavy (non-hydrogen) atoms. The van der Waals surface area contributed by atoms with Crippen LogP contribution in [0.4, 0.5) is 13.2 Å². The third-order valence-corrected chi connectivity index (χ3v) is 4.87. The van der Waals surface area contributed by atoms with E-state index in [0.717, 1.165) is 11.3 Å². The van der Waals surface area contributed by atoms with Gasteiger partial charge < -0.3 is 4.90 Å². The van der Waals surface area contributed by atoms with Gasteiger partial charge in [-0.3, -0.25) is 4.79 Å². The second-order valence-corrected chi connectivity index (χ2v) is 6.92. The number of sulfonamides is 1. The maximum atomic E-state index is 12.3. The number of carbonyl (C=O) groups is 1. The van der Waals surface area contributed by atoms with E-state index in [1.165, 1.54) is 19.1 Å². The molecule has 0 aromatic carbocycles. The Hall–Kier alpha value is -1.13. The summed E-state index contributed by atoms with van der Waals surface area (Å²) >= 11 is 0.772. The van der Waals surface area contributed by atoms with Crippen LogP contribution in [0.3, 0.4) is 0 Å². The molecule has 0 saturated heterocycles. The second-order valence-electron chi connectivity index (χ2n) is 3.97. The molecule has 114 valence electrons. The summed E-state index contributed by atoms with van der Waals surface area (Å²) in [5.41, 5.74) is 0. The average molecular weight is 330 g/mol. The molecule has 0 aliphatic carbocycles. The first kappa shape index (κ1) is 16.9. The van der Waals surface area contributed by atoms with Gasteiger partial charge in [-0.1, -0.05) is 0 Å². The lowest BCUT2D eigenvalue weighted by molar-refractivity contribution is -0.160. The minimum Gasteiger partial charge on any atom is -0.334 e. The zero-order chi connectivity index (χ0) is 15.6. The number of nitrogens with zero attached hydrogens (tertiary/aromatic N) is 1. The van der Waals surface area contributed by atoms with E-state index in [-0.39, 0.29) is 17.2 Å². The number of primary sulfonamides is 1. The van der Waals surface area contributed by atoms with E-state index in [9.17, 15) is 26.4 Å². The molecule has 1 aromatic heterocycles. The van der Waals surface area contributed by atoms with E-state index >= 15 is 0 Å². The van der Waals surface area contributed by atoms with Crippen molar-refractivity contribution < 1.29 is 26.4 Å². The Labute approximate surface area is 118 Å². The SMILES string of the molecule is CCN(CC(F)(F)F)C(=O)Cc1ccc(S(N)(=O)=O)s1. The van der Waals surface area contributed by atoms with Crippen LogP contribution >= 0.6 is 11.3 Å². The molecule has 10 heteroatoms. The Morgan fingerprint density at radius 2 is 2.00 bits per heavy atom. The molecule has 1 rings (SSSR count). The topological polar surface area (TPSA) is 80.5 Å². The van der Waals surface area contributed by atoms with Crippen LogP contribution in [0.15, 0.2) is 16.3 Å². The normalized spacial score (nSPS) is 12.4. The number of rotatable bonds is 5. The van der Waals surface area contributed by atoms with Crippen molar-refractivity contribution in [2.24, 2.45) is 5.14 Å². The third-order valence-electron chi connectivity index (χ3n) is 2.35. The van der Waals surface area contributed by atoms with E-state index in [0.29, 0.717) is 9.78 Å². The largest absolute Gasteiger partial charge is 0.406 e. The zero-order valence-corrected chi connectivity index (χ0v) is 12.1. The highest BCUT2D eigenvalue weighted by Crippen LogP contribution is 2.22. The lowest BCUT2D eigenvalue weighted by Gasteiger charge is -2.21. The van der Waals surface area contributed by atoms with Crippen molar-refractivity contribution in [2.75, 3.05) is 13.1 Å². The summed E-state index contributed by atoms with van der Waals surface area (Å²) in [4.78, 5) is 12.7. The van der Waals surface area contributed by atoms with Crippen LogP contribution in [0.2, 0.25) is 0 Å². The fraction of sp³-hybridized carbons (Fsp3) is 0.500. The maximum Gasteiger partial charge on any atom is 0.406 e. The highest BCUT2D eigenvalue weighted by molar-refractivity contribution is 7.91. The van der Waals surface area contributed by atoms with Crippen molar-refractivity contribution in [3.05, 3.63) is 17.0 Å². The first-order valence-electron chi connectivity index (χ1n) is 5.49. The zero-order valence-electron chi connectivity index (χ0n) is 10.5. The van der Waals surface area contributed by atoms with Crippen LogP contribution in [-0.4, -0.2) is 38.5 Å². The van der Waals surface area contributed by atoms with Crippen molar-refractivity contribution in [1.82, 2.24) is 4.90 Å². The number of hydrogen-bond acceptors (Lipinski definition) is 4. The predicted octanol–water partition coefficient (Wildman–Crippen LogP) is 1.35. The molecule has 0 radical (unpaired) electrons. The van der Waals surface area contributed by atoms with Crippen LogP contribution in [0.1, 0.15) is 11.8 Å². The molecule has 1 amide bonds. The summed E-state index contributed by atoms with van der Waals surface area (Å²) in [7, 11) is -3.86. The van der Waals surface area contributed by atoms with E-state index in [1.54, 1.807) is 0 Å². The van der Waals surface area contributed by atoms with Gasteiger partial charge in [0.2, 0.25) is 15.9 Å². The molecular formula is C10H13F3N2O3S2. The van der Waals surface area contributed by atoms with Gasteiger partial charge in [-0.05, 0) is 19.1 Å². The highest BCUT2D eigenvalue weighted by atomic mass is 32.2. The van der Waals surface area contributed by atoms with E-state index in [4.69, 9.17) is 5.14 Å². The monoisotopic (exact) mass is 330 g/mol. The molecule has 0 spiro atoms. The van der Waals surface area contributed by atoms with Crippen molar-refractivity contribution in [3.8, 4) is 0 Å². The minimum absolute atomic E-state index is 0.0776. The standard InChI is InChI=1S/C10H13F3N2O3S2/c1-2-15(6-10(11,12)13)8(16)5-7-3-4-9(19-7)20(14,17)18/h3-4H,2,5-6H2,1H3,(H2,14,17,18). The van der Waals surface area contributed by atoms with Crippen LogP contribution in [-0.2, 0) is 21.2 Å². The number of thiophene rings is 1. The maximum absolute atomic E-state index is 12.3. The number of amides is 1. The van der Waals surface area contributed by atoms with Crippen LogP contribution in [0.25, 0.3) is 0 Å². The molecular weight excluding hydrogens is 317 g/mol. The summed E-state index contributed by atoms with van der Waals surface area (Å²) in [6.45, 7) is 0.0371. The number of alkyl halides is 3. The van der Waals surface area contributed by atoms with Gasteiger partial charge in [-0.15, -0.1) is 11.3 Å². The number of halogens is 3. The van der Waals surface area contributed by atoms with Gasteiger partial charge in [0.1, 0.15) is 10.8 Å². The highest BCUT2D eigenvalue weighted by Gasteiger charge is 2.32. The van der Waals surface area contributed by atoms with Gasteiger partial charge in [-0.25, -0.2) is 13.6 Å². The first-order valence-corrected chi connectivity index (χ1v) is 7.85. The molecule has 0 saturated carbocycles. The Morgan fingerprint density at radius 1 is 1.40 bits per heavy atom.